The minimum Gasteiger partial charge on any atom is -0.463 e. The molecule has 0 aliphatic carbocycles. The molecule has 1 aliphatic rings. The minimum absolute atomic E-state index is 0.324. The predicted octanol–water partition coefficient (Wildman–Crippen LogP) is 5.05. The Morgan fingerprint density at radius 2 is 1.75 bits per heavy atom. The van der Waals surface area contributed by atoms with Crippen molar-refractivity contribution in [3.63, 3.8) is 0 Å². The maximum absolute atomic E-state index is 12.9. The van der Waals surface area contributed by atoms with Crippen LogP contribution >= 0.6 is 11.8 Å². The number of amidine groups is 1. The number of rotatable bonds is 6. The van der Waals surface area contributed by atoms with Gasteiger partial charge in [0.2, 0.25) is 0 Å². The Bertz CT molecular complexity index is 861. The van der Waals surface area contributed by atoms with E-state index in [4.69, 9.17) is 9.73 Å². The van der Waals surface area contributed by atoms with Crippen LogP contribution in [0.4, 0.5) is 0 Å². The van der Waals surface area contributed by atoms with Crippen LogP contribution in [0.3, 0.4) is 0 Å². The van der Waals surface area contributed by atoms with Crippen molar-refractivity contribution in [1.29, 1.82) is 0 Å². The second-order valence-electron chi connectivity index (χ2n) is 6.95. The van der Waals surface area contributed by atoms with E-state index in [-0.39, 0.29) is 5.97 Å². The van der Waals surface area contributed by atoms with E-state index in [1.807, 2.05) is 67.6 Å². The number of aliphatic imine (C=N–C) groups is 1. The normalized spacial score (nSPS) is 16.6. The predicted molar refractivity (Wildman–Crippen MR) is 117 cm³/mol. The smallest absolute Gasteiger partial charge is 0.338 e. The van der Waals surface area contributed by atoms with E-state index in [0.717, 1.165) is 27.7 Å². The summed E-state index contributed by atoms with van der Waals surface area (Å²) in [7, 11) is 0. The largest absolute Gasteiger partial charge is 0.463 e. The lowest BCUT2D eigenvalue weighted by Crippen LogP contribution is -2.31. The zero-order chi connectivity index (χ0) is 19.9. The summed E-state index contributed by atoms with van der Waals surface area (Å²) in [5.41, 5.74) is 3.24. The van der Waals surface area contributed by atoms with Crippen LogP contribution in [0.5, 0.6) is 0 Å². The van der Waals surface area contributed by atoms with Crippen LogP contribution in [0.2, 0.25) is 0 Å². The average molecular weight is 395 g/mol. The molecular weight excluding hydrogens is 368 g/mol. The van der Waals surface area contributed by atoms with E-state index in [1.54, 1.807) is 11.8 Å². The van der Waals surface area contributed by atoms with Crippen molar-refractivity contribution in [2.24, 2.45) is 10.9 Å². The van der Waals surface area contributed by atoms with Crippen LogP contribution in [-0.4, -0.2) is 23.5 Å². The van der Waals surface area contributed by atoms with Gasteiger partial charge in [0, 0.05) is 5.75 Å². The fourth-order valence-corrected chi connectivity index (χ4v) is 3.82. The number of benzene rings is 2. The first kappa shape index (κ1) is 20.2. The van der Waals surface area contributed by atoms with E-state index < -0.39 is 6.04 Å². The number of nitrogens with zero attached hydrogens (tertiary/aromatic N) is 1. The number of ether oxygens (including phenoxy) is 1. The molecule has 0 saturated carbocycles. The summed E-state index contributed by atoms with van der Waals surface area (Å²) in [6.07, 6.45) is 0. The van der Waals surface area contributed by atoms with Gasteiger partial charge >= 0.3 is 5.97 Å². The fourth-order valence-electron chi connectivity index (χ4n) is 2.98. The molecule has 146 valence electrons. The molecule has 0 unspecified atom stereocenters. The van der Waals surface area contributed by atoms with Gasteiger partial charge in [-0.15, -0.1) is 0 Å². The van der Waals surface area contributed by atoms with Gasteiger partial charge in [-0.2, -0.15) is 0 Å². The Morgan fingerprint density at radius 1 is 1.11 bits per heavy atom. The molecule has 0 spiro atoms. The second-order valence-corrected chi connectivity index (χ2v) is 7.96. The molecule has 0 bridgehead atoms. The maximum Gasteiger partial charge on any atom is 0.338 e. The van der Waals surface area contributed by atoms with Gasteiger partial charge in [-0.25, -0.2) is 9.79 Å². The number of hydrogen-bond donors (Lipinski definition) is 1. The third-order valence-electron chi connectivity index (χ3n) is 4.25. The van der Waals surface area contributed by atoms with Crippen LogP contribution in [0.25, 0.3) is 5.70 Å². The topological polar surface area (TPSA) is 50.7 Å². The molecule has 0 amide bonds. The zero-order valence-electron chi connectivity index (χ0n) is 16.5. The van der Waals surface area contributed by atoms with Crippen molar-refractivity contribution in [2.75, 3.05) is 12.4 Å². The number of hydrogen-bond acceptors (Lipinski definition) is 5. The summed E-state index contributed by atoms with van der Waals surface area (Å²) in [6, 6.07) is 19.4. The first-order chi connectivity index (χ1) is 13.6. The van der Waals surface area contributed by atoms with E-state index in [2.05, 4.69) is 19.2 Å². The molecule has 1 N–H and O–H groups in total. The number of nitrogens with one attached hydrogen (secondary N) is 1. The standard InChI is InChI=1S/C23H26N2O2S/c1-4-27-22(26)19-20(17-11-7-5-8-12-17)24-23(28-15-16(2)3)25-21(19)18-13-9-6-10-14-18/h5-14,16,20H,4,15H2,1-3H3,(H,24,25)/t20-/m1/s1. The Labute approximate surface area is 171 Å². The van der Waals surface area contributed by atoms with Gasteiger partial charge in [-0.3, -0.25) is 0 Å². The number of carbonyl (C=O) groups excluding carboxylic acids is 1. The highest BCUT2D eigenvalue weighted by atomic mass is 32.2. The van der Waals surface area contributed by atoms with Crippen molar-refractivity contribution in [2.45, 2.75) is 26.8 Å². The summed E-state index contributed by atoms with van der Waals surface area (Å²) in [5, 5.41) is 4.23. The monoisotopic (exact) mass is 394 g/mol. The Hall–Kier alpha value is -2.53. The molecule has 2 aromatic rings. The molecule has 3 rings (SSSR count). The van der Waals surface area contributed by atoms with Crippen molar-refractivity contribution < 1.29 is 9.53 Å². The molecule has 2 aromatic carbocycles. The summed E-state index contributed by atoms with van der Waals surface area (Å²) in [4.78, 5) is 17.8. The Balaban J connectivity index is 2.11. The van der Waals surface area contributed by atoms with Crippen LogP contribution < -0.4 is 5.32 Å². The average Bonchev–Trinajstić information content (AvgIpc) is 2.73. The van der Waals surface area contributed by atoms with Gasteiger partial charge in [0.05, 0.1) is 17.9 Å². The quantitative estimate of drug-likeness (QED) is 0.697. The molecule has 0 saturated heterocycles. The molecular formula is C23H26N2O2S. The highest BCUT2D eigenvalue weighted by molar-refractivity contribution is 8.13. The van der Waals surface area contributed by atoms with Gasteiger partial charge in [0.1, 0.15) is 6.04 Å². The van der Waals surface area contributed by atoms with Crippen molar-refractivity contribution in [1.82, 2.24) is 5.32 Å². The maximum atomic E-state index is 12.9. The molecule has 1 aliphatic heterocycles. The summed E-state index contributed by atoms with van der Waals surface area (Å²) < 4.78 is 5.41. The van der Waals surface area contributed by atoms with Crippen molar-refractivity contribution >= 4 is 28.6 Å². The van der Waals surface area contributed by atoms with E-state index in [0.29, 0.717) is 18.1 Å². The SMILES string of the molecule is CCOC(=O)C1=C(c2ccccc2)NC(SCC(C)C)=N[C@@H]1c1ccccc1. The third-order valence-corrected chi connectivity index (χ3v) is 5.56. The number of thioether (sulfide) groups is 1. The van der Waals surface area contributed by atoms with Gasteiger partial charge in [-0.1, -0.05) is 86.3 Å². The molecule has 0 aromatic heterocycles. The van der Waals surface area contributed by atoms with Gasteiger partial charge in [0.15, 0.2) is 5.17 Å². The molecule has 0 fully saturated rings. The molecule has 1 atom stereocenters. The molecule has 28 heavy (non-hydrogen) atoms. The summed E-state index contributed by atoms with van der Waals surface area (Å²) in [6.45, 7) is 6.51. The fraction of sp³-hybridized carbons (Fsp3) is 0.304. The number of carbonyl (C=O) groups is 1. The van der Waals surface area contributed by atoms with Crippen LogP contribution in [0.15, 0.2) is 71.2 Å². The van der Waals surface area contributed by atoms with Crippen LogP contribution in [-0.2, 0) is 9.53 Å². The third kappa shape index (κ3) is 4.84. The van der Waals surface area contributed by atoms with Crippen molar-refractivity contribution in [3.8, 4) is 0 Å². The highest BCUT2D eigenvalue weighted by Crippen LogP contribution is 2.36. The van der Waals surface area contributed by atoms with Gasteiger partial charge in [-0.05, 0) is 24.0 Å². The molecule has 0 radical (unpaired) electrons. The van der Waals surface area contributed by atoms with Gasteiger partial charge in [0.25, 0.3) is 0 Å². The molecule has 4 nitrogen and oxygen atoms in total. The van der Waals surface area contributed by atoms with E-state index in [9.17, 15) is 4.79 Å². The van der Waals surface area contributed by atoms with Crippen LogP contribution in [0.1, 0.15) is 37.9 Å². The second kappa shape index (κ2) is 9.60. The van der Waals surface area contributed by atoms with E-state index in [1.165, 1.54) is 0 Å². The summed E-state index contributed by atoms with van der Waals surface area (Å²) in [5.74, 6) is 1.16. The lowest BCUT2D eigenvalue weighted by atomic mass is 9.94. The van der Waals surface area contributed by atoms with Gasteiger partial charge < -0.3 is 10.1 Å². The Kier molecular flexibility index (Phi) is 6.93. The first-order valence-electron chi connectivity index (χ1n) is 9.59. The lowest BCUT2D eigenvalue weighted by molar-refractivity contribution is -0.138. The van der Waals surface area contributed by atoms with Crippen molar-refractivity contribution in [3.05, 3.63) is 77.4 Å². The Morgan fingerprint density at radius 3 is 2.36 bits per heavy atom. The molecule has 5 heteroatoms. The zero-order valence-corrected chi connectivity index (χ0v) is 17.3. The summed E-state index contributed by atoms with van der Waals surface area (Å²) >= 11 is 1.68. The van der Waals surface area contributed by atoms with E-state index >= 15 is 0 Å². The van der Waals surface area contributed by atoms with Crippen LogP contribution in [0, 0.1) is 5.92 Å². The highest BCUT2D eigenvalue weighted by Gasteiger charge is 2.32. The molecule has 1 heterocycles. The first-order valence-corrected chi connectivity index (χ1v) is 10.6. The number of esters is 1. The minimum atomic E-state index is -0.397. The lowest BCUT2D eigenvalue weighted by Gasteiger charge is -2.27.